The summed E-state index contributed by atoms with van der Waals surface area (Å²) in [7, 11) is 1.63. The molecule has 20 heavy (non-hydrogen) atoms. The quantitative estimate of drug-likeness (QED) is 0.894. The van der Waals surface area contributed by atoms with E-state index >= 15 is 0 Å². The van der Waals surface area contributed by atoms with Crippen molar-refractivity contribution in [3.8, 4) is 5.75 Å². The third-order valence-electron chi connectivity index (χ3n) is 3.47. The number of hydrogen-bond acceptors (Lipinski definition) is 5. The number of methoxy groups -OCH3 is 1. The first kappa shape index (κ1) is 12.9. The number of aromatic nitrogens is 3. The van der Waals surface area contributed by atoms with Crippen molar-refractivity contribution in [1.29, 1.82) is 0 Å². The van der Waals surface area contributed by atoms with E-state index < -0.39 is 0 Å². The van der Waals surface area contributed by atoms with Crippen molar-refractivity contribution in [3.05, 3.63) is 35.7 Å². The Bertz CT molecular complexity index is 594. The van der Waals surface area contributed by atoms with Gasteiger partial charge in [0.2, 0.25) is 5.95 Å². The molecule has 0 fully saturated rings. The second kappa shape index (κ2) is 5.13. The second-order valence-corrected chi connectivity index (χ2v) is 5.12. The van der Waals surface area contributed by atoms with Crippen LogP contribution in [0, 0.1) is 0 Å². The molecule has 6 heteroatoms. The molecule has 2 aromatic rings. The van der Waals surface area contributed by atoms with Crippen molar-refractivity contribution in [1.82, 2.24) is 14.8 Å². The van der Waals surface area contributed by atoms with Gasteiger partial charge in [-0.1, -0.05) is 12.1 Å². The SMILES string of the molecule is COCc1nc2n(n1)[C@@H](c1ccc(O)cc1)C[C@@H](C)N2. The summed E-state index contributed by atoms with van der Waals surface area (Å²) in [6, 6.07) is 7.71. The maximum absolute atomic E-state index is 9.41. The molecule has 0 bridgehead atoms. The first-order valence-electron chi connectivity index (χ1n) is 6.67. The zero-order valence-electron chi connectivity index (χ0n) is 11.6. The summed E-state index contributed by atoms with van der Waals surface area (Å²) < 4.78 is 6.99. The van der Waals surface area contributed by atoms with Crippen molar-refractivity contribution in [2.24, 2.45) is 0 Å². The summed E-state index contributed by atoms with van der Waals surface area (Å²) in [5, 5.41) is 17.3. The fourth-order valence-electron chi connectivity index (χ4n) is 2.56. The van der Waals surface area contributed by atoms with Crippen LogP contribution in [0.4, 0.5) is 5.95 Å². The van der Waals surface area contributed by atoms with Gasteiger partial charge in [0.1, 0.15) is 12.4 Å². The van der Waals surface area contributed by atoms with Crippen LogP contribution in [-0.2, 0) is 11.3 Å². The van der Waals surface area contributed by atoms with Crippen LogP contribution in [0.3, 0.4) is 0 Å². The number of fused-ring (bicyclic) bond motifs is 1. The number of hydrogen-bond donors (Lipinski definition) is 2. The number of rotatable bonds is 3. The number of benzene rings is 1. The van der Waals surface area contributed by atoms with Crippen molar-refractivity contribution in [2.45, 2.75) is 32.0 Å². The molecule has 0 unspecified atom stereocenters. The number of anilines is 1. The fraction of sp³-hybridized carbons (Fsp3) is 0.429. The highest BCUT2D eigenvalue weighted by molar-refractivity contribution is 5.36. The molecule has 0 spiro atoms. The van der Waals surface area contributed by atoms with Crippen molar-refractivity contribution >= 4 is 5.95 Å². The van der Waals surface area contributed by atoms with Gasteiger partial charge in [0.15, 0.2) is 5.82 Å². The highest BCUT2D eigenvalue weighted by atomic mass is 16.5. The van der Waals surface area contributed by atoms with E-state index in [4.69, 9.17) is 4.74 Å². The molecule has 1 aliphatic heterocycles. The van der Waals surface area contributed by atoms with Crippen LogP contribution in [0.1, 0.15) is 30.8 Å². The molecule has 2 atom stereocenters. The molecular formula is C14H18N4O2. The minimum absolute atomic E-state index is 0.125. The van der Waals surface area contributed by atoms with E-state index in [1.165, 1.54) is 0 Å². The van der Waals surface area contributed by atoms with Gasteiger partial charge in [-0.15, -0.1) is 0 Å². The molecule has 0 radical (unpaired) electrons. The van der Waals surface area contributed by atoms with E-state index in [1.807, 2.05) is 16.8 Å². The number of ether oxygens (including phenoxy) is 1. The Morgan fingerprint density at radius 2 is 2.15 bits per heavy atom. The van der Waals surface area contributed by atoms with Crippen LogP contribution in [0.25, 0.3) is 0 Å². The molecule has 6 nitrogen and oxygen atoms in total. The standard InChI is InChI=1S/C14H18N4O2/c1-9-7-12(10-3-5-11(19)6-4-10)18-14(15-9)16-13(17-18)8-20-2/h3-6,9,12,19H,7-8H2,1-2H3,(H,15,16,17)/t9-,12-/m1/s1. The van der Waals surface area contributed by atoms with Gasteiger partial charge in [0.05, 0.1) is 6.04 Å². The topological polar surface area (TPSA) is 72.2 Å². The average Bonchev–Trinajstić information content (AvgIpc) is 2.81. The Morgan fingerprint density at radius 3 is 2.85 bits per heavy atom. The van der Waals surface area contributed by atoms with Gasteiger partial charge in [0.25, 0.3) is 0 Å². The zero-order chi connectivity index (χ0) is 14.1. The maximum atomic E-state index is 9.41. The van der Waals surface area contributed by atoms with Crippen molar-refractivity contribution in [3.63, 3.8) is 0 Å². The van der Waals surface area contributed by atoms with Gasteiger partial charge in [0, 0.05) is 13.2 Å². The number of aromatic hydroxyl groups is 1. The smallest absolute Gasteiger partial charge is 0.222 e. The molecule has 0 amide bonds. The molecule has 2 N–H and O–H groups in total. The molecule has 1 aliphatic rings. The first-order valence-corrected chi connectivity index (χ1v) is 6.67. The lowest BCUT2D eigenvalue weighted by Gasteiger charge is -2.29. The Morgan fingerprint density at radius 1 is 1.40 bits per heavy atom. The lowest BCUT2D eigenvalue weighted by atomic mass is 9.98. The molecular weight excluding hydrogens is 256 g/mol. The van der Waals surface area contributed by atoms with Gasteiger partial charge in [-0.3, -0.25) is 0 Å². The monoisotopic (exact) mass is 274 g/mol. The molecule has 1 aromatic heterocycles. The van der Waals surface area contributed by atoms with Gasteiger partial charge in [-0.2, -0.15) is 10.1 Å². The molecule has 1 aromatic carbocycles. The maximum Gasteiger partial charge on any atom is 0.222 e. The highest BCUT2D eigenvalue weighted by Gasteiger charge is 2.28. The average molecular weight is 274 g/mol. The number of nitrogens with one attached hydrogen (secondary N) is 1. The molecule has 2 heterocycles. The summed E-state index contributed by atoms with van der Waals surface area (Å²) in [5.74, 6) is 1.72. The molecule has 0 aliphatic carbocycles. The van der Waals surface area contributed by atoms with E-state index in [9.17, 15) is 5.11 Å². The van der Waals surface area contributed by atoms with E-state index in [0.29, 0.717) is 18.5 Å². The van der Waals surface area contributed by atoms with Crippen molar-refractivity contribution in [2.75, 3.05) is 12.4 Å². The van der Waals surface area contributed by atoms with Crippen LogP contribution in [-0.4, -0.2) is 33.0 Å². The molecule has 0 saturated carbocycles. The predicted molar refractivity (Wildman–Crippen MR) is 74.7 cm³/mol. The predicted octanol–water partition coefficient (Wildman–Crippen LogP) is 1.92. The Labute approximate surface area is 117 Å². The van der Waals surface area contributed by atoms with E-state index in [0.717, 1.165) is 17.9 Å². The van der Waals surface area contributed by atoms with E-state index in [2.05, 4.69) is 22.3 Å². The summed E-state index contributed by atoms with van der Waals surface area (Å²) >= 11 is 0. The van der Waals surface area contributed by atoms with Crippen LogP contribution >= 0.6 is 0 Å². The van der Waals surface area contributed by atoms with Gasteiger partial charge >= 0.3 is 0 Å². The number of nitrogens with zero attached hydrogens (tertiary/aromatic N) is 3. The highest BCUT2D eigenvalue weighted by Crippen LogP contribution is 2.31. The lowest BCUT2D eigenvalue weighted by Crippen LogP contribution is -2.31. The number of phenols is 1. The van der Waals surface area contributed by atoms with E-state index in [1.54, 1.807) is 19.2 Å². The van der Waals surface area contributed by atoms with E-state index in [-0.39, 0.29) is 11.8 Å². The van der Waals surface area contributed by atoms with Crippen LogP contribution < -0.4 is 5.32 Å². The molecule has 3 rings (SSSR count). The van der Waals surface area contributed by atoms with Gasteiger partial charge in [-0.05, 0) is 31.0 Å². The normalized spacial score (nSPS) is 21.3. The van der Waals surface area contributed by atoms with Crippen LogP contribution in [0.15, 0.2) is 24.3 Å². The van der Waals surface area contributed by atoms with Gasteiger partial charge < -0.3 is 15.2 Å². The number of phenolic OH excluding ortho intramolecular Hbond substituents is 1. The summed E-state index contributed by atoms with van der Waals surface area (Å²) in [6.07, 6.45) is 0.924. The third kappa shape index (κ3) is 2.34. The summed E-state index contributed by atoms with van der Waals surface area (Å²) in [6.45, 7) is 2.53. The Kier molecular flexibility index (Phi) is 3.31. The lowest BCUT2D eigenvalue weighted by molar-refractivity contribution is 0.177. The minimum atomic E-state index is 0.125. The molecule has 0 saturated heterocycles. The first-order chi connectivity index (χ1) is 9.67. The summed E-state index contributed by atoms with van der Waals surface area (Å²) in [5.41, 5.74) is 1.12. The van der Waals surface area contributed by atoms with Crippen molar-refractivity contribution < 1.29 is 9.84 Å². The summed E-state index contributed by atoms with van der Waals surface area (Å²) in [4.78, 5) is 4.45. The Balaban J connectivity index is 1.98. The minimum Gasteiger partial charge on any atom is -0.508 e. The third-order valence-corrected chi connectivity index (χ3v) is 3.47. The van der Waals surface area contributed by atoms with Crippen LogP contribution in [0.5, 0.6) is 5.75 Å². The van der Waals surface area contributed by atoms with Crippen LogP contribution in [0.2, 0.25) is 0 Å². The van der Waals surface area contributed by atoms with Gasteiger partial charge in [-0.25, -0.2) is 4.68 Å². The largest absolute Gasteiger partial charge is 0.508 e. The second-order valence-electron chi connectivity index (χ2n) is 5.12. The molecule has 106 valence electrons. The Hall–Kier alpha value is -2.08. The fourth-order valence-corrected chi connectivity index (χ4v) is 2.56. The zero-order valence-corrected chi connectivity index (χ0v) is 11.6.